The van der Waals surface area contributed by atoms with Crippen LogP contribution in [0.3, 0.4) is 0 Å². The number of hydrogen-bond acceptors (Lipinski definition) is 3. The molecule has 0 atom stereocenters. The summed E-state index contributed by atoms with van der Waals surface area (Å²) < 4.78 is 24.7. The first-order chi connectivity index (χ1) is 9.08. The van der Waals surface area contributed by atoms with E-state index in [-0.39, 0.29) is 4.90 Å². The Labute approximate surface area is 121 Å². The summed E-state index contributed by atoms with van der Waals surface area (Å²) in [5.74, 6) is 0. The molecule has 0 heterocycles. The van der Waals surface area contributed by atoms with Gasteiger partial charge >= 0.3 is 0 Å². The van der Waals surface area contributed by atoms with Gasteiger partial charge in [0.2, 0.25) is 0 Å². The molecule has 0 fully saturated rings. The predicted molar refractivity (Wildman–Crippen MR) is 78.7 cm³/mol. The highest BCUT2D eigenvalue weighted by molar-refractivity contribution is 9.10. The van der Waals surface area contributed by atoms with Gasteiger partial charge < -0.3 is 5.43 Å². The predicted octanol–water partition coefficient (Wildman–Crippen LogP) is 2.86. The Morgan fingerprint density at radius 2 is 1.89 bits per heavy atom. The average molecular weight is 343 g/mol. The van der Waals surface area contributed by atoms with Crippen molar-refractivity contribution in [2.45, 2.75) is 24.2 Å². The highest BCUT2D eigenvalue weighted by atomic mass is 79.9. The Morgan fingerprint density at radius 1 is 1.16 bits per heavy atom. The van der Waals surface area contributed by atoms with E-state index in [0.29, 0.717) is 0 Å². The lowest BCUT2D eigenvalue weighted by atomic mass is 10.0. The molecule has 0 saturated heterocycles. The summed E-state index contributed by atoms with van der Waals surface area (Å²) in [7, 11) is -3.52. The number of nitrogens with one attached hydrogen (secondary N) is 2. The molecule has 19 heavy (non-hydrogen) atoms. The number of halogens is 1. The first-order valence-electron chi connectivity index (χ1n) is 5.94. The second-order valence-corrected chi connectivity index (χ2v) is 6.82. The molecule has 0 saturated carbocycles. The molecule has 102 valence electrons. The summed E-state index contributed by atoms with van der Waals surface area (Å²) in [5.41, 5.74) is 3.84. The molecule has 2 rings (SSSR count). The summed E-state index contributed by atoms with van der Waals surface area (Å²) in [6.07, 6.45) is 8.77. The Morgan fingerprint density at radius 3 is 2.53 bits per heavy atom. The molecule has 0 unspecified atom stereocenters. The van der Waals surface area contributed by atoms with Crippen LogP contribution in [0, 0.1) is 0 Å². The number of sulfonamides is 1. The number of hydrogen-bond donors (Lipinski definition) is 2. The van der Waals surface area contributed by atoms with Crippen LogP contribution in [0.25, 0.3) is 0 Å². The number of rotatable bonds is 4. The maximum absolute atomic E-state index is 12.0. The van der Waals surface area contributed by atoms with Crippen LogP contribution < -0.4 is 10.3 Å². The molecule has 4 nitrogen and oxygen atoms in total. The van der Waals surface area contributed by atoms with Gasteiger partial charge in [0.25, 0.3) is 10.0 Å². The molecule has 1 aromatic carbocycles. The van der Waals surface area contributed by atoms with Gasteiger partial charge in [0, 0.05) is 10.7 Å². The van der Waals surface area contributed by atoms with Crippen molar-refractivity contribution in [1.29, 1.82) is 0 Å². The number of allylic oxidation sites excluding steroid dienone is 3. The molecular weight excluding hydrogens is 328 g/mol. The Kier molecular flexibility index (Phi) is 4.79. The molecule has 2 N–H and O–H groups in total. The van der Waals surface area contributed by atoms with Crippen LogP contribution >= 0.6 is 15.9 Å². The Bertz CT molecular complexity index is 592. The van der Waals surface area contributed by atoms with Gasteiger partial charge in [-0.05, 0) is 49.1 Å². The smallest absolute Gasteiger partial charge is 0.257 e. The second kappa shape index (κ2) is 6.36. The summed E-state index contributed by atoms with van der Waals surface area (Å²) in [6.45, 7) is 0. The van der Waals surface area contributed by atoms with Gasteiger partial charge in [-0.25, -0.2) is 8.42 Å². The minimum Gasteiger partial charge on any atom is -0.315 e. The van der Waals surface area contributed by atoms with Crippen LogP contribution in [-0.2, 0) is 10.0 Å². The number of hydrazine groups is 1. The molecule has 1 aliphatic carbocycles. The highest BCUT2D eigenvalue weighted by Gasteiger charge is 2.12. The van der Waals surface area contributed by atoms with Crippen LogP contribution in [0.15, 0.2) is 57.6 Å². The standard InChI is InChI=1S/C13H15BrN2O2S/c14-12-6-8-13(9-7-12)19(17,18)16-15-10-11-4-2-1-3-5-11/h1-2,6-10,15-16H,3-5H2/b11-10+. The maximum atomic E-state index is 12.0. The van der Waals surface area contributed by atoms with Gasteiger partial charge in [-0.1, -0.05) is 28.1 Å². The van der Waals surface area contributed by atoms with Crippen molar-refractivity contribution >= 4 is 26.0 Å². The van der Waals surface area contributed by atoms with Gasteiger partial charge in [-0.3, -0.25) is 0 Å². The zero-order chi connectivity index (χ0) is 13.7. The van der Waals surface area contributed by atoms with E-state index >= 15 is 0 Å². The third-order valence-corrected chi connectivity index (χ3v) is 4.58. The minimum atomic E-state index is -3.52. The third kappa shape index (κ3) is 4.19. The first-order valence-corrected chi connectivity index (χ1v) is 8.21. The highest BCUT2D eigenvalue weighted by Crippen LogP contribution is 2.16. The molecule has 0 amide bonds. The van der Waals surface area contributed by atoms with Crippen LogP contribution in [0.4, 0.5) is 0 Å². The van der Waals surface area contributed by atoms with Crippen LogP contribution in [0.2, 0.25) is 0 Å². The Balaban J connectivity index is 1.98. The van der Waals surface area contributed by atoms with Gasteiger partial charge in [0.1, 0.15) is 0 Å². The normalized spacial score (nSPS) is 17.6. The van der Waals surface area contributed by atoms with E-state index < -0.39 is 10.0 Å². The molecule has 0 radical (unpaired) electrons. The summed E-state index contributed by atoms with van der Waals surface area (Å²) in [6, 6.07) is 6.48. The van der Waals surface area contributed by atoms with Crippen molar-refractivity contribution in [3.8, 4) is 0 Å². The molecule has 0 spiro atoms. The van der Waals surface area contributed by atoms with Gasteiger partial charge in [-0.15, -0.1) is 4.83 Å². The first kappa shape index (κ1) is 14.3. The van der Waals surface area contributed by atoms with E-state index in [1.54, 1.807) is 30.5 Å². The zero-order valence-electron chi connectivity index (χ0n) is 10.3. The van der Waals surface area contributed by atoms with Gasteiger partial charge in [0.15, 0.2) is 0 Å². The topological polar surface area (TPSA) is 58.2 Å². The molecule has 0 aromatic heterocycles. The van der Waals surface area contributed by atoms with E-state index in [4.69, 9.17) is 0 Å². The Hall–Kier alpha value is -1.11. The van der Waals surface area contributed by atoms with Crippen LogP contribution in [-0.4, -0.2) is 8.42 Å². The van der Waals surface area contributed by atoms with E-state index in [9.17, 15) is 8.42 Å². The molecule has 6 heteroatoms. The molecule has 0 bridgehead atoms. The quantitative estimate of drug-likeness (QED) is 0.653. The van der Waals surface area contributed by atoms with Crippen molar-refractivity contribution in [2.24, 2.45) is 0 Å². The second-order valence-electron chi connectivity index (χ2n) is 4.22. The number of benzene rings is 1. The van der Waals surface area contributed by atoms with Crippen LogP contribution in [0.1, 0.15) is 19.3 Å². The van der Waals surface area contributed by atoms with Crippen molar-refractivity contribution < 1.29 is 8.42 Å². The minimum absolute atomic E-state index is 0.227. The maximum Gasteiger partial charge on any atom is 0.257 e. The van der Waals surface area contributed by atoms with Crippen LogP contribution in [0.5, 0.6) is 0 Å². The fraction of sp³-hybridized carbons (Fsp3) is 0.231. The molecule has 1 aromatic rings. The van der Waals surface area contributed by atoms with Crippen molar-refractivity contribution in [1.82, 2.24) is 10.3 Å². The largest absolute Gasteiger partial charge is 0.315 e. The lowest BCUT2D eigenvalue weighted by molar-refractivity contribution is 0.573. The lowest BCUT2D eigenvalue weighted by Crippen LogP contribution is -2.33. The third-order valence-electron chi connectivity index (χ3n) is 2.77. The molecule has 1 aliphatic rings. The van der Waals surface area contributed by atoms with E-state index in [1.807, 2.05) is 0 Å². The zero-order valence-corrected chi connectivity index (χ0v) is 12.7. The summed E-state index contributed by atoms with van der Waals surface area (Å²) in [5, 5.41) is 0. The SMILES string of the molecule is O=S(=O)(NN/C=C1\CC=CCC1)c1ccc(Br)cc1. The van der Waals surface area contributed by atoms with Crippen molar-refractivity contribution in [3.63, 3.8) is 0 Å². The fourth-order valence-corrected chi connectivity index (χ4v) is 2.83. The average Bonchev–Trinajstić information content (AvgIpc) is 2.40. The van der Waals surface area contributed by atoms with E-state index in [2.05, 4.69) is 38.3 Å². The van der Waals surface area contributed by atoms with E-state index in [1.165, 1.54) is 5.57 Å². The summed E-state index contributed by atoms with van der Waals surface area (Å²) in [4.78, 5) is 2.58. The van der Waals surface area contributed by atoms with Gasteiger partial charge in [0.05, 0.1) is 4.90 Å². The summed E-state index contributed by atoms with van der Waals surface area (Å²) >= 11 is 3.27. The molecular formula is C13H15BrN2O2S. The van der Waals surface area contributed by atoms with Crippen molar-refractivity contribution in [3.05, 3.63) is 52.7 Å². The van der Waals surface area contributed by atoms with Gasteiger partial charge in [-0.2, -0.15) is 0 Å². The monoisotopic (exact) mass is 342 g/mol. The van der Waals surface area contributed by atoms with E-state index in [0.717, 1.165) is 23.7 Å². The van der Waals surface area contributed by atoms with Crippen molar-refractivity contribution in [2.75, 3.05) is 0 Å². The lowest BCUT2D eigenvalue weighted by Gasteiger charge is -2.10. The molecule has 0 aliphatic heterocycles. The fourth-order valence-electron chi connectivity index (χ4n) is 1.74.